The van der Waals surface area contributed by atoms with Crippen LogP contribution in [0.3, 0.4) is 0 Å². The molecule has 1 aromatic carbocycles. The van der Waals surface area contributed by atoms with Gasteiger partial charge in [-0.3, -0.25) is 14.6 Å². The maximum absolute atomic E-state index is 12.0. The van der Waals surface area contributed by atoms with Gasteiger partial charge in [0.1, 0.15) is 17.7 Å². The average molecular weight is 342 g/mol. The van der Waals surface area contributed by atoms with E-state index in [1.54, 1.807) is 0 Å². The molecule has 2 atom stereocenters. The third-order valence-electron chi connectivity index (χ3n) is 5.14. The molecule has 3 rings (SSSR count). The van der Waals surface area contributed by atoms with E-state index < -0.39 is 0 Å². The normalized spacial score (nSPS) is 19.4. The second-order valence-electron chi connectivity index (χ2n) is 6.79. The molecule has 2 heterocycles. The Bertz CT molecular complexity index is 728. The zero-order valence-electron chi connectivity index (χ0n) is 15.1. The van der Waals surface area contributed by atoms with Crippen molar-refractivity contribution in [2.24, 2.45) is 12.8 Å². The van der Waals surface area contributed by atoms with Crippen LogP contribution in [-0.4, -0.2) is 56.7 Å². The van der Waals surface area contributed by atoms with Gasteiger partial charge in [-0.05, 0) is 26.0 Å². The van der Waals surface area contributed by atoms with Gasteiger partial charge in [0.25, 0.3) is 0 Å². The third-order valence-corrected chi connectivity index (χ3v) is 5.14. The van der Waals surface area contributed by atoms with E-state index in [0.717, 1.165) is 43.3 Å². The van der Waals surface area contributed by atoms with E-state index in [9.17, 15) is 4.79 Å². The molecule has 0 aliphatic carbocycles. The van der Waals surface area contributed by atoms with Gasteiger partial charge in [0.2, 0.25) is 5.91 Å². The third kappa shape index (κ3) is 3.72. The number of carbonyl (C=O) groups excluding carboxylic acids is 1. The minimum Gasteiger partial charge on any atom is -0.368 e. The summed E-state index contributed by atoms with van der Waals surface area (Å²) in [7, 11) is 4.08. The van der Waals surface area contributed by atoms with Gasteiger partial charge in [0, 0.05) is 26.2 Å². The van der Waals surface area contributed by atoms with E-state index in [2.05, 4.69) is 27.0 Å². The Balaban J connectivity index is 1.67. The molecule has 2 aromatic rings. The molecule has 0 spiro atoms. The number of hydrogen-bond acceptors (Lipinski definition) is 5. The lowest BCUT2D eigenvalue weighted by Crippen LogP contribution is -2.39. The number of primary amides is 1. The molecule has 1 aliphatic heterocycles. The first-order valence-electron chi connectivity index (χ1n) is 8.60. The molecule has 2 N–H and O–H groups in total. The van der Waals surface area contributed by atoms with E-state index in [1.807, 2.05) is 48.9 Å². The molecule has 7 heteroatoms. The molecule has 134 valence electrons. The zero-order valence-corrected chi connectivity index (χ0v) is 15.1. The topological polar surface area (TPSA) is 80.3 Å². The van der Waals surface area contributed by atoms with Crippen molar-refractivity contribution < 1.29 is 4.79 Å². The highest BCUT2D eigenvalue weighted by Crippen LogP contribution is 2.27. The van der Waals surface area contributed by atoms with E-state index in [4.69, 9.17) is 5.73 Å². The van der Waals surface area contributed by atoms with Crippen molar-refractivity contribution in [1.82, 2.24) is 24.6 Å². The number of benzene rings is 1. The van der Waals surface area contributed by atoms with Gasteiger partial charge in [0.15, 0.2) is 0 Å². The van der Waals surface area contributed by atoms with Crippen LogP contribution < -0.4 is 5.73 Å². The second kappa shape index (κ2) is 7.33. The average Bonchev–Trinajstić information content (AvgIpc) is 3.18. The Morgan fingerprint density at radius 2 is 2.08 bits per heavy atom. The summed E-state index contributed by atoms with van der Waals surface area (Å²) < 4.78 is 2.01. The van der Waals surface area contributed by atoms with Crippen LogP contribution in [-0.2, 0) is 18.4 Å². The number of aromatic nitrogens is 3. The van der Waals surface area contributed by atoms with Crippen LogP contribution in [0, 0.1) is 6.92 Å². The Morgan fingerprint density at radius 3 is 2.68 bits per heavy atom. The van der Waals surface area contributed by atoms with Gasteiger partial charge in [-0.1, -0.05) is 30.3 Å². The maximum atomic E-state index is 12.0. The summed E-state index contributed by atoms with van der Waals surface area (Å²) in [4.78, 5) is 16.5. The van der Waals surface area contributed by atoms with Crippen LogP contribution in [0.2, 0.25) is 0 Å². The Morgan fingerprint density at radius 1 is 1.36 bits per heavy atom. The first-order chi connectivity index (χ1) is 12.0. The first kappa shape index (κ1) is 17.6. The fraction of sp³-hybridized carbons (Fsp3) is 0.500. The highest BCUT2D eigenvalue weighted by atomic mass is 16.1. The van der Waals surface area contributed by atoms with Crippen LogP contribution >= 0.6 is 0 Å². The number of carbonyl (C=O) groups is 1. The molecule has 1 amide bonds. The Labute approximate surface area is 148 Å². The van der Waals surface area contributed by atoms with Gasteiger partial charge >= 0.3 is 0 Å². The molecule has 0 saturated carbocycles. The maximum Gasteiger partial charge on any atom is 0.239 e. The predicted octanol–water partition coefficient (Wildman–Crippen LogP) is 0.856. The van der Waals surface area contributed by atoms with Crippen molar-refractivity contribution in [2.45, 2.75) is 32.0 Å². The monoisotopic (exact) mass is 342 g/mol. The summed E-state index contributed by atoms with van der Waals surface area (Å²) in [5.41, 5.74) is 6.66. The van der Waals surface area contributed by atoms with E-state index in [-0.39, 0.29) is 11.9 Å². The Hall–Kier alpha value is -2.25. The molecule has 0 bridgehead atoms. The molecule has 1 saturated heterocycles. The Kier molecular flexibility index (Phi) is 5.15. The SMILES string of the molecule is Cc1nnc(CN(C)[C@H]2CCN([C@@H](C(N)=O)c3ccccc3)C2)n1C. The number of amides is 1. The second-order valence-corrected chi connectivity index (χ2v) is 6.79. The minimum absolute atomic E-state index is 0.293. The van der Waals surface area contributed by atoms with Gasteiger partial charge in [-0.25, -0.2) is 0 Å². The summed E-state index contributed by atoms with van der Waals surface area (Å²) in [6.07, 6.45) is 1.00. The van der Waals surface area contributed by atoms with Crippen LogP contribution in [0.5, 0.6) is 0 Å². The number of likely N-dealkylation sites (tertiary alicyclic amines) is 1. The van der Waals surface area contributed by atoms with Crippen LogP contribution in [0.15, 0.2) is 30.3 Å². The summed E-state index contributed by atoms with van der Waals surface area (Å²) in [5, 5.41) is 8.36. The fourth-order valence-corrected chi connectivity index (χ4v) is 3.49. The lowest BCUT2D eigenvalue weighted by atomic mass is 10.1. The van der Waals surface area contributed by atoms with Gasteiger partial charge in [-0.15, -0.1) is 10.2 Å². The summed E-state index contributed by atoms with van der Waals surface area (Å²) in [6, 6.07) is 9.77. The largest absolute Gasteiger partial charge is 0.368 e. The highest BCUT2D eigenvalue weighted by Gasteiger charge is 2.34. The molecular weight excluding hydrogens is 316 g/mol. The fourth-order valence-electron chi connectivity index (χ4n) is 3.49. The number of rotatable bonds is 6. The van der Waals surface area contributed by atoms with Crippen LogP contribution in [0.1, 0.15) is 29.7 Å². The molecule has 0 unspecified atom stereocenters. The number of nitrogens with zero attached hydrogens (tertiary/aromatic N) is 5. The number of aryl methyl sites for hydroxylation is 1. The lowest BCUT2D eigenvalue weighted by Gasteiger charge is -2.28. The van der Waals surface area contributed by atoms with Gasteiger partial charge in [-0.2, -0.15) is 0 Å². The van der Waals surface area contributed by atoms with Gasteiger partial charge < -0.3 is 10.3 Å². The van der Waals surface area contributed by atoms with Gasteiger partial charge in [0.05, 0.1) is 6.54 Å². The molecule has 1 aromatic heterocycles. The number of hydrogen-bond donors (Lipinski definition) is 1. The molecule has 1 aliphatic rings. The minimum atomic E-state index is -0.364. The number of nitrogens with two attached hydrogens (primary N) is 1. The zero-order chi connectivity index (χ0) is 18.0. The quantitative estimate of drug-likeness (QED) is 0.842. The first-order valence-corrected chi connectivity index (χ1v) is 8.60. The van der Waals surface area contributed by atoms with Crippen LogP contribution in [0.4, 0.5) is 0 Å². The van der Waals surface area contributed by atoms with Crippen molar-refractivity contribution in [3.63, 3.8) is 0 Å². The standard InChI is InChI=1S/C18H26N6O/c1-13-20-21-16(23(13)3)12-22(2)15-9-10-24(11-15)17(18(19)25)14-7-5-4-6-8-14/h4-8,15,17H,9-12H2,1-3H3,(H2,19,25)/t15-,17+/m0/s1. The summed E-state index contributed by atoms with van der Waals surface area (Å²) in [5.74, 6) is 1.57. The van der Waals surface area contributed by atoms with Crippen molar-refractivity contribution in [3.05, 3.63) is 47.5 Å². The van der Waals surface area contributed by atoms with E-state index in [1.165, 1.54) is 0 Å². The van der Waals surface area contributed by atoms with Crippen LogP contribution in [0.25, 0.3) is 0 Å². The smallest absolute Gasteiger partial charge is 0.239 e. The summed E-state index contributed by atoms with van der Waals surface area (Å²) >= 11 is 0. The molecule has 0 radical (unpaired) electrons. The van der Waals surface area contributed by atoms with Crippen molar-refractivity contribution >= 4 is 5.91 Å². The molecule has 1 fully saturated rings. The van der Waals surface area contributed by atoms with Crippen molar-refractivity contribution in [2.75, 3.05) is 20.1 Å². The summed E-state index contributed by atoms with van der Waals surface area (Å²) in [6.45, 7) is 4.36. The molecule has 7 nitrogen and oxygen atoms in total. The van der Waals surface area contributed by atoms with Crippen molar-refractivity contribution in [1.29, 1.82) is 0 Å². The van der Waals surface area contributed by atoms with Crippen molar-refractivity contribution in [3.8, 4) is 0 Å². The molecule has 25 heavy (non-hydrogen) atoms. The lowest BCUT2D eigenvalue weighted by molar-refractivity contribution is -0.123. The highest BCUT2D eigenvalue weighted by molar-refractivity contribution is 5.81. The number of likely N-dealkylation sites (N-methyl/N-ethyl adjacent to an activating group) is 1. The van der Waals surface area contributed by atoms with E-state index >= 15 is 0 Å². The molecular formula is C18H26N6O. The van der Waals surface area contributed by atoms with E-state index in [0.29, 0.717) is 6.04 Å². The predicted molar refractivity (Wildman–Crippen MR) is 95.6 cm³/mol.